The lowest BCUT2D eigenvalue weighted by Gasteiger charge is -2.14. The van der Waals surface area contributed by atoms with Gasteiger partial charge in [-0.15, -0.1) is 0 Å². The maximum Gasteiger partial charge on any atom is 0.123 e. The SMILES string of the molecule is CC(c1ccc(-c2ccc(F)cc2)cc1)n1ccnc1. The molecule has 2 aromatic carbocycles. The lowest BCUT2D eigenvalue weighted by Crippen LogP contribution is -2.03. The second-order valence-electron chi connectivity index (χ2n) is 4.81. The molecule has 0 aliphatic rings. The van der Waals surface area contributed by atoms with Gasteiger partial charge in [-0.1, -0.05) is 36.4 Å². The number of rotatable bonds is 3. The van der Waals surface area contributed by atoms with Crippen molar-refractivity contribution in [3.8, 4) is 11.1 Å². The van der Waals surface area contributed by atoms with Crippen LogP contribution >= 0.6 is 0 Å². The molecule has 1 atom stereocenters. The van der Waals surface area contributed by atoms with Crippen LogP contribution in [-0.4, -0.2) is 9.55 Å². The monoisotopic (exact) mass is 266 g/mol. The summed E-state index contributed by atoms with van der Waals surface area (Å²) in [5, 5.41) is 0. The third-order valence-electron chi connectivity index (χ3n) is 3.54. The Labute approximate surface area is 117 Å². The normalized spacial score (nSPS) is 12.3. The highest BCUT2D eigenvalue weighted by Crippen LogP contribution is 2.23. The summed E-state index contributed by atoms with van der Waals surface area (Å²) in [6, 6.07) is 15.1. The fourth-order valence-corrected chi connectivity index (χ4v) is 2.27. The number of imidazole rings is 1. The summed E-state index contributed by atoms with van der Waals surface area (Å²) in [6.07, 6.45) is 5.56. The second kappa shape index (κ2) is 5.29. The van der Waals surface area contributed by atoms with Crippen molar-refractivity contribution in [2.24, 2.45) is 0 Å². The van der Waals surface area contributed by atoms with Crippen LogP contribution in [0.4, 0.5) is 4.39 Å². The molecule has 0 aliphatic heterocycles. The van der Waals surface area contributed by atoms with E-state index < -0.39 is 0 Å². The fraction of sp³-hybridized carbons (Fsp3) is 0.118. The van der Waals surface area contributed by atoms with Gasteiger partial charge in [-0.25, -0.2) is 9.37 Å². The van der Waals surface area contributed by atoms with E-state index in [2.05, 4.69) is 40.7 Å². The van der Waals surface area contributed by atoms with Crippen molar-refractivity contribution in [2.75, 3.05) is 0 Å². The van der Waals surface area contributed by atoms with Gasteiger partial charge >= 0.3 is 0 Å². The lowest BCUT2D eigenvalue weighted by molar-refractivity contribution is 0.628. The Kier molecular flexibility index (Phi) is 3.33. The molecular weight excluding hydrogens is 251 g/mol. The number of hydrogen-bond donors (Lipinski definition) is 0. The first-order valence-electron chi connectivity index (χ1n) is 6.57. The predicted octanol–water partition coefficient (Wildman–Crippen LogP) is 4.30. The maximum atomic E-state index is 12.9. The highest BCUT2D eigenvalue weighted by atomic mass is 19.1. The van der Waals surface area contributed by atoms with Crippen LogP contribution in [0.15, 0.2) is 67.3 Å². The summed E-state index contributed by atoms with van der Waals surface area (Å²) in [4.78, 5) is 4.07. The Balaban J connectivity index is 1.86. The highest BCUT2D eigenvalue weighted by molar-refractivity contribution is 5.63. The quantitative estimate of drug-likeness (QED) is 0.691. The number of halogens is 1. The molecular formula is C17H15FN2. The minimum Gasteiger partial charge on any atom is -0.330 e. The first kappa shape index (κ1) is 12.6. The molecule has 20 heavy (non-hydrogen) atoms. The molecule has 1 heterocycles. The number of hydrogen-bond acceptors (Lipinski definition) is 1. The number of aromatic nitrogens is 2. The van der Waals surface area contributed by atoms with Crippen LogP contribution < -0.4 is 0 Å². The standard InChI is InChI=1S/C17H15FN2/c1-13(20-11-10-19-12-20)14-2-4-15(5-3-14)16-6-8-17(18)9-7-16/h2-13H,1H3. The van der Waals surface area contributed by atoms with Gasteiger partial charge in [0, 0.05) is 12.4 Å². The molecule has 3 rings (SSSR count). The molecule has 0 bridgehead atoms. The van der Waals surface area contributed by atoms with Crippen molar-refractivity contribution in [1.29, 1.82) is 0 Å². The van der Waals surface area contributed by atoms with E-state index in [9.17, 15) is 4.39 Å². The first-order chi connectivity index (χ1) is 9.74. The average Bonchev–Trinajstić information content (AvgIpc) is 3.02. The molecule has 1 aromatic heterocycles. The van der Waals surface area contributed by atoms with Gasteiger partial charge in [-0.2, -0.15) is 0 Å². The summed E-state index contributed by atoms with van der Waals surface area (Å²) in [5.41, 5.74) is 3.33. The summed E-state index contributed by atoms with van der Waals surface area (Å²) in [6.45, 7) is 2.13. The Morgan fingerprint density at radius 1 is 0.950 bits per heavy atom. The molecule has 0 fully saturated rings. The third-order valence-corrected chi connectivity index (χ3v) is 3.54. The highest BCUT2D eigenvalue weighted by Gasteiger charge is 2.07. The van der Waals surface area contributed by atoms with Crippen LogP contribution in [0, 0.1) is 5.82 Å². The molecule has 1 unspecified atom stereocenters. The summed E-state index contributed by atoms with van der Waals surface area (Å²) in [7, 11) is 0. The van der Waals surface area contributed by atoms with Crippen molar-refractivity contribution in [1.82, 2.24) is 9.55 Å². The van der Waals surface area contributed by atoms with Gasteiger partial charge < -0.3 is 4.57 Å². The van der Waals surface area contributed by atoms with Crippen molar-refractivity contribution in [3.05, 3.63) is 78.6 Å². The van der Waals surface area contributed by atoms with Gasteiger partial charge in [-0.05, 0) is 35.7 Å². The molecule has 3 aromatic rings. The minimum absolute atomic E-state index is 0.209. The Morgan fingerprint density at radius 2 is 1.55 bits per heavy atom. The largest absolute Gasteiger partial charge is 0.330 e. The number of nitrogens with zero attached hydrogens (tertiary/aromatic N) is 2. The zero-order chi connectivity index (χ0) is 13.9. The maximum absolute atomic E-state index is 12.9. The Bertz CT molecular complexity index is 670. The molecule has 0 saturated carbocycles. The second-order valence-corrected chi connectivity index (χ2v) is 4.81. The van der Waals surface area contributed by atoms with Crippen LogP contribution in [0.2, 0.25) is 0 Å². The van der Waals surface area contributed by atoms with E-state index in [4.69, 9.17) is 0 Å². The molecule has 0 amide bonds. The third kappa shape index (κ3) is 2.48. The van der Waals surface area contributed by atoms with E-state index in [1.54, 1.807) is 18.3 Å². The minimum atomic E-state index is -0.209. The van der Waals surface area contributed by atoms with E-state index in [1.807, 2.05) is 12.5 Å². The molecule has 100 valence electrons. The molecule has 0 N–H and O–H groups in total. The van der Waals surface area contributed by atoms with Crippen molar-refractivity contribution in [2.45, 2.75) is 13.0 Å². The van der Waals surface area contributed by atoms with E-state index >= 15 is 0 Å². The Hall–Kier alpha value is -2.42. The predicted molar refractivity (Wildman–Crippen MR) is 77.9 cm³/mol. The van der Waals surface area contributed by atoms with Gasteiger partial charge in [0.1, 0.15) is 5.82 Å². The van der Waals surface area contributed by atoms with Crippen LogP contribution in [0.25, 0.3) is 11.1 Å². The fourth-order valence-electron chi connectivity index (χ4n) is 2.27. The van der Waals surface area contributed by atoms with Gasteiger partial charge in [0.15, 0.2) is 0 Å². The molecule has 0 spiro atoms. The van der Waals surface area contributed by atoms with E-state index in [1.165, 1.54) is 17.7 Å². The summed E-state index contributed by atoms with van der Waals surface area (Å²) in [5.74, 6) is -0.209. The van der Waals surface area contributed by atoms with Crippen molar-refractivity contribution < 1.29 is 4.39 Å². The summed E-state index contributed by atoms with van der Waals surface area (Å²) >= 11 is 0. The van der Waals surface area contributed by atoms with Crippen molar-refractivity contribution >= 4 is 0 Å². The lowest BCUT2D eigenvalue weighted by atomic mass is 10.0. The van der Waals surface area contributed by atoms with Gasteiger partial charge in [0.2, 0.25) is 0 Å². The van der Waals surface area contributed by atoms with Crippen LogP contribution in [-0.2, 0) is 0 Å². The zero-order valence-corrected chi connectivity index (χ0v) is 11.2. The van der Waals surface area contributed by atoms with Crippen LogP contribution in [0.3, 0.4) is 0 Å². The number of benzene rings is 2. The van der Waals surface area contributed by atoms with Gasteiger partial charge in [0.05, 0.1) is 12.4 Å². The van der Waals surface area contributed by atoms with E-state index in [-0.39, 0.29) is 11.9 Å². The molecule has 2 nitrogen and oxygen atoms in total. The molecule has 0 aliphatic carbocycles. The van der Waals surface area contributed by atoms with Crippen LogP contribution in [0.1, 0.15) is 18.5 Å². The molecule has 3 heteroatoms. The molecule has 0 saturated heterocycles. The zero-order valence-electron chi connectivity index (χ0n) is 11.2. The summed E-state index contributed by atoms with van der Waals surface area (Å²) < 4.78 is 15.0. The van der Waals surface area contributed by atoms with Gasteiger partial charge in [-0.3, -0.25) is 0 Å². The van der Waals surface area contributed by atoms with Gasteiger partial charge in [0.25, 0.3) is 0 Å². The topological polar surface area (TPSA) is 17.8 Å². The van der Waals surface area contributed by atoms with E-state index in [0.29, 0.717) is 0 Å². The molecule has 0 radical (unpaired) electrons. The Morgan fingerprint density at radius 3 is 2.10 bits per heavy atom. The van der Waals surface area contributed by atoms with E-state index in [0.717, 1.165) is 11.1 Å². The van der Waals surface area contributed by atoms with Crippen molar-refractivity contribution in [3.63, 3.8) is 0 Å². The van der Waals surface area contributed by atoms with Crippen LogP contribution in [0.5, 0.6) is 0 Å². The first-order valence-corrected chi connectivity index (χ1v) is 6.57. The smallest absolute Gasteiger partial charge is 0.123 e. The average molecular weight is 266 g/mol.